The summed E-state index contributed by atoms with van der Waals surface area (Å²) in [6, 6.07) is 22.6. The van der Waals surface area contributed by atoms with E-state index in [4.69, 9.17) is 16.3 Å². The number of amides is 2. The van der Waals surface area contributed by atoms with E-state index in [0.29, 0.717) is 17.2 Å². The zero-order valence-electron chi connectivity index (χ0n) is 22.3. The topological polar surface area (TPSA) is 58.6 Å². The van der Waals surface area contributed by atoms with Gasteiger partial charge in [0.05, 0.1) is 0 Å². The van der Waals surface area contributed by atoms with Gasteiger partial charge in [-0.15, -0.1) is 0 Å². The number of benzene rings is 3. The number of rotatable bonds is 10. The lowest BCUT2D eigenvalue weighted by Crippen LogP contribution is -2.53. The van der Waals surface area contributed by atoms with Gasteiger partial charge in [0.2, 0.25) is 5.91 Å². The molecular weight excluding hydrogens is 496 g/mol. The van der Waals surface area contributed by atoms with E-state index < -0.39 is 6.04 Å². The molecule has 1 aliphatic carbocycles. The largest absolute Gasteiger partial charge is 0.483 e. The summed E-state index contributed by atoms with van der Waals surface area (Å²) in [5, 5.41) is 3.82. The molecule has 2 amide bonds. The summed E-state index contributed by atoms with van der Waals surface area (Å²) < 4.78 is 5.98. The van der Waals surface area contributed by atoms with Crippen LogP contribution in [-0.4, -0.2) is 35.4 Å². The Morgan fingerprint density at radius 3 is 2.39 bits per heavy atom. The molecule has 1 saturated carbocycles. The minimum Gasteiger partial charge on any atom is -0.483 e. The Kier molecular flexibility index (Phi) is 9.83. The maximum absolute atomic E-state index is 13.8. The number of nitrogens with zero attached hydrogens (tertiary/aromatic N) is 1. The van der Waals surface area contributed by atoms with Crippen molar-refractivity contribution < 1.29 is 14.3 Å². The van der Waals surface area contributed by atoms with Gasteiger partial charge in [-0.1, -0.05) is 97.1 Å². The van der Waals surface area contributed by atoms with Gasteiger partial charge in [0, 0.05) is 24.0 Å². The molecule has 3 aromatic rings. The maximum atomic E-state index is 13.8. The Labute approximate surface area is 231 Å². The molecule has 0 heterocycles. The van der Waals surface area contributed by atoms with Crippen LogP contribution in [0.25, 0.3) is 0 Å². The van der Waals surface area contributed by atoms with Gasteiger partial charge in [-0.2, -0.15) is 0 Å². The van der Waals surface area contributed by atoms with Gasteiger partial charge in [-0.3, -0.25) is 9.59 Å². The quantitative estimate of drug-likeness (QED) is 0.327. The van der Waals surface area contributed by atoms with Crippen molar-refractivity contribution in [2.75, 3.05) is 6.61 Å². The lowest BCUT2D eigenvalue weighted by atomic mass is 9.94. The monoisotopic (exact) mass is 532 g/mol. The van der Waals surface area contributed by atoms with E-state index in [1.807, 2.05) is 80.6 Å². The highest BCUT2D eigenvalue weighted by molar-refractivity contribution is 6.31. The molecule has 1 fully saturated rings. The Morgan fingerprint density at radius 2 is 1.68 bits per heavy atom. The first-order valence-electron chi connectivity index (χ1n) is 13.5. The van der Waals surface area contributed by atoms with Crippen molar-refractivity contribution in [3.63, 3.8) is 0 Å². The average Bonchev–Trinajstić information content (AvgIpc) is 2.92. The van der Waals surface area contributed by atoms with Crippen LogP contribution in [0.15, 0.2) is 72.8 Å². The van der Waals surface area contributed by atoms with E-state index in [0.717, 1.165) is 47.9 Å². The lowest BCUT2D eigenvalue weighted by molar-refractivity contribution is -0.143. The summed E-state index contributed by atoms with van der Waals surface area (Å²) in [4.78, 5) is 29.3. The molecule has 38 heavy (non-hydrogen) atoms. The number of halogens is 1. The third kappa shape index (κ3) is 7.61. The van der Waals surface area contributed by atoms with Crippen molar-refractivity contribution in [1.29, 1.82) is 0 Å². The van der Waals surface area contributed by atoms with Crippen LogP contribution in [0.4, 0.5) is 0 Å². The zero-order chi connectivity index (χ0) is 26.9. The highest BCUT2D eigenvalue weighted by Gasteiger charge is 2.32. The van der Waals surface area contributed by atoms with Crippen molar-refractivity contribution in [3.05, 3.63) is 100 Å². The van der Waals surface area contributed by atoms with E-state index in [2.05, 4.69) is 5.32 Å². The number of hydrogen-bond donors (Lipinski definition) is 1. The standard InChI is InChI=1S/C32H37ClN2O3/c1-23-17-18-30(24(2)19-23)38-22-31(36)35(21-26-13-9-10-16-28(26)33)29(20-25-11-5-3-6-12-25)32(37)34-27-14-7-4-8-15-27/h3,5-6,9-13,16-19,27,29H,4,7-8,14-15,20-22H2,1-2H3,(H,34,37). The maximum Gasteiger partial charge on any atom is 0.261 e. The number of carbonyl (C=O) groups is 2. The van der Waals surface area contributed by atoms with Gasteiger partial charge in [0.15, 0.2) is 6.61 Å². The fourth-order valence-corrected chi connectivity index (χ4v) is 5.29. The molecule has 6 heteroatoms. The lowest BCUT2D eigenvalue weighted by Gasteiger charge is -2.33. The molecule has 200 valence electrons. The number of nitrogens with one attached hydrogen (secondary N) is 1. The van der Waals surface area contributed by atoms with Crippen molar-refractivity contribution in [2.24, 2.45) is 0 Å². The predicted octanol–water partition coefficient (Wildman–Crippen LogP) is 6.42. The highest BCUT2D eigenvalue weighted by atomic mass is 35.5. The molecule has 3 aromatic carbocycles. The second kappa shape index (κ2) is 13.5. The second-order valence-corrected chi connectivity index (χ2v) is 10.6. The summed E-state index contributed by atoms with van der Waals surface area (Å²) in [5.41, 5.74) is 3.87. The van der Waals surface area contributed by atoms with Crippen molar-refractivity contribution in [3.8, 4) is 5.75 Å². The predicted molar refractivity (Wildman–Crippen MR) is 152 cm³/mol. The Morgan fingerprint density at radius 1 is 0.974 bits per heavy atom. The number of aryl methyl sites for hydroxylation is 2. The molecule has 1 N–H and O–H groups in total. The Hall–Kier alpha value is -3.31. The number of hydrogen-bond acceptors (Lipinski definition) is 3. The van der Waals surface area contributed by atoms with E-state index in [-0.39, 0.29) is 31.0 Å². The van der Waals surface area contributed by atoms with E-state index in [1.165, 1.54) is 6.42 Å². The van der Waals surface area contributed by atoms with E-state index in [9.17, 15) is 9.59 Å². The first kappa shape index (κ1) is 27.7. The summed E-state index contributed by atoms with van der Waals surface area (Å²) in [7, 11) is 0. The molecule has 0 aromatic heterocycles. The van der Waals surface area contributed by atoms with Crippen molar-refractivity contribution in [1.82, 2.24) is 10.2 Å². The van der Waals surface area contributed by atoms with E-state index in [1.54, 1.807) is 11.0 Å². The minimum atomic E-state index is -0.703. The zero-order valence-corrected chi connectivity index (χ0v) is 23.0. The number of carbonyl (C=O) groups excluding carboxylic acids is 2. The molecule has 0 saturated heterocycles. The fraction of sp³-hybridized carbons (Fsp3) is 0.375. The molecule has 1 unspecified atom stereocenters. The van der Waals surface area contributed by atoms with Gasteiger partial charge in [-0.25, -0.2) is 0 Å². The van der Waals surface area contributed by atoms with E-state index >= 15 is 0 Å². The fourth-order valence-electron chi connectivity index (χ4n) is 5.09. The van der Waals surface area contributed by atoms with Crippen molar-refractivity contribution >= 4 is 23.4 Å². The molecule has 0 radical (unpaired) electrons. The molecule has 4 rings (SSSR count). The van der Waals surface area contributed by atoms with Gasteiger partial charge >= 0.3 is 0 Å². The highest BCUT2D eigenvalue weighted by Crippen LogP contribution is 2.23. The molecular formula is C32H37ClN2O3. The minimum absolute atomic E-state index is 0.132. The summed E-state index contributed by atoms with van der Waals surface area (Å²) >= 11 is 6.51. The van der Waals surface area contributed by atoms with Crippen LogP contribution in [0.3, 0.4) is 0 Å². The molecule has 1 aliphatic rings. The van der Waals surface area contributed by atoms with Crippen LogP contribution >= 0.6 is 11.6 Å². The van der Waals surface area contributed by atoms with Crippen LogP contribution in [-0.2, 0) is 22.6 Å². The third-order valence-electron chi connectivity index (χ3n) is 7.20. The average molecular weight is 533 g/mol. The normalized spacial score (nSPS) is 14.5. The third-order valence-corrected chi connectivity index (χ3v) is 7.57. The van der Waals surface area contributed by atoms with Crippen LogP contribution in [0.5, 0.6) is 5.75 Å². The SMILES string of the molecule is Cc1ccc(OCC(=O)N(Cc2ccccc2Cl)C(Cc2ccccc2)C(=O)NC2CCCCC2)c(C)c1. The first-order chi connectivity index (χ1) is 18.4. The van der Waals surface area contributed by atoms with Gasteiger partial charge in [0.25, 0.3) is 5.91 Å². The molecule has 1 atom stereocenters. The molecule has 5 nitrogen and oxygen atoms in total. The van der Waals surface area contributed by atoms with Crippen LogP contribution in [0.1, 0.15) is 54.4 Å². The van der Waals surface area contributed by atoms with Gasteiger partial charge in [0.1, 0.15) is 11.8 Å². The number of ether oxygens (including phenoxy) is 1. The van der Waals surface area contributed by atoms with Crippen LogP contribution in [0, 0.1) is 13.8 Å². The first-order valence-corrected chi connectivity index (χ1v) is 13.9. The molecule has 0 bridgehead atoms. The van der Waals surface area contributed by atoms with Crippen LogP contribution in [0.2, 0.25) is 5.02 Å². The summed E-state index contributed by atoms with van der Waals surface area (Å²) in [6.45, 7) is 4.03. The van der Waals surface area contributed by atoms with Crippen LogP contribution < -0.4 is 10.1 Å². The Balaban J connectivity index is 1.62. The van der Waals surface area contributed by atoms with Gasteiger partial charge < -0.3 is 15.0 Å². The summed E-state index contributed by atoms with van der Waals surface area (Å²) in [6.07, 6.45) is 5.77. The van der Waals surface area contributed by atoms with Crippen molar-refractivity contribution in [2.45, 2.75) is 71.0 Å². The molecule has 0 aliphatic heterocycles. The molecule has 0 spiro atoms. The second-order valence-electron chi connectivity index (χ2n) is 10.2. The smallest absolute Gasteiger partial charge is 0.261 e. The summed E-state index contributed by atoms with van der Waals surface area (Å²) in [5.74, 6) is 0.269. The van der Waals surface area contributed by atoms with Gasteiger partial charge in [-0.05, 0) is 55.5 Å². The Bertz CT molecular complexity index is 1220.